The second kappa shape index (κ2) is 8.91. The Morgan fingerprint density at radius 3 is 2.46 bits per heavy atom. The molecule has 0 aliphatic carbocycles. The number of rotatable bonds is 6. The highest BCUT2D eigenvalue weighted by Gasteiger charge is 2.30. The zero-order valence-electron chi connectivity index (χ0n) is 16.6. The summed E-state index contributed by atoms with van der Waals surface area (Å²) in [6.07, 6.45) is 3.43. The van der Waals surface area contributed by atoms with E-state index in [1.807, 2.05) is 48.5 Å². The number of fused-ring (bicyclic) bond motifs is 2. The Morgan fingerprint density at radius 1 is 1.07 bits per heavy atom. The predicted octanol–water partition coefficient (Wildman–Crippen LogP) is 5.26. The Hall–Kier alpha value is -2.82. The molecule has 0 spiro atoms. The molecule has 3 rings (SSSR count). The van der Waals surface area contributed by atoms with E-state index < -0.39 is 12.1 Å². The van der Waals surface area contributed by atoms with E-state index in [-0.39, 0.29) is 5.97 Å². The van der Waals surface area contributed by atoms with Crippen LogP contribution in [0.1, 0.15) is 56.8 Å². The molecule has 0 aromatic heterocycles. The minimum absolute atomic E-state index is 0.200. The van der Waals surface area contributed by atoms with Crippen LogP contribution in [0.3, 0.4) is 0 Å². The van der Waals surface area contributed by atoms with Crippen LogP contribution < -0.4 is 10.6 Å². The number of carbonyl (C=O) groups is 2. The van der Waals surface area contributed by atoms with Gasteiger partial charge in [0.25, 0.3) is 0 Å². The van der Waals surface area contributed by atoms with Crippen LogP contribution in [-0.2, 0) is 16.0 Å². The van der Waals surface area contributed by atoms with Crippen molar-refractivity contribution >= 4 is 23.4 Å². The number of nitrogens with two attached hydrogens (primary N) is 1. The van der Waals surface area contributed by atoms with Gasteiger partial charge in [-0.1, -0.05) is 63.1 Å². The Labute approximate surface area is 166 Å². The van der Waals surface area contributed by atoms with Crippen LogP contribution in [0.25, 0.3) is 0 Å². The van der Waals surface area contributed by atoms with Crippen molar-refractivity contribution in [1.82, 2.24) is 0 Å². The second-order valence-electron chi connectivity index (χ2n) is 7.68. The number of anilines is 2. The fourth-order valence-corrected chi connectivity index (χ4v) is 3.69. The summed E-state index contributed by atoms with van der Waals surface area (Å²) in [6, 6.07) is 14.5. The third-order valence-corrected chi connectivity index (χ3v) is 5.07. The smallest absolute Gasteiger partial charge is 0.323 e. The molecule has 5 nitrogen and oxygen atoms in total. The summed E-state index contributed by atoms with van der Waals surface area (Å²) in [4.78, 5) is 26.2. The molecule has 2 amide bonds. The molecule has 0 radical (unpaired) electrons. The number of primary amides is 1. The van der Waals surface area contributed by atoms with Gasteiger partial charge in [-0.25, -0.2) is 4.79 Å². The van der Waals surface area contributed by atoms with Crippen LogP contribution in [-0.4, -0.2) is 12.0 Å². The van der Waals surface area contributed by atoms with Gasteiger partial charge in [0.2, 0.25) is 0 Å². The topological polar surface area (TPSA) is 72.6 Å². The number of urea groups is 1. The number of amides is 2. The summed E-state index contributed by atoms with van der Waals surface area (Å²) in [5.41, 5.74) is 8.82. The number of nitrogens with zero attached hydrogens (tertiary/aromatic N) is 1. The van der Waals surface area contributed by atoms with Gasteiger partial charge in [0, 0.05) is 18.4 Å². The fourth-order valence-electron chi connectivity index (χ4n) is 3.69. The van der Waals surface area contributed by atoms with Crippen molar-refractivity contribution in [2.75, 3.05) is 4.90 Å². The molecule has 1 unspecified atom stereocenters. The number of unbranched alkanes of at least 4 members (excludes halogenated alkanes) is 1. The number of esters is 1. The Bertz CT molecular complexity index is 847. The van der Waals surface area contributed by atoms with Crippen molar-refractivity contribution in [3.05, 3.63) is 59.7 Å². The average Bonchev–Trinajstić information content (AvgIpc) is 2.79. The van der Waals surface area contributed by atoms with Crippen molar-refractivity contribution in [3.8, 4) is 0 Å². The minimum Gasteiger partial charge on any atom is -0.457 e. The van der Waals surface area contributed by atoms with Gasteiger partial charge in [0.1, 0.15) is 6.10 Å². The first-order valence-corrected chi connectivity index (χ1v) is 9.93. The van der Waals surface area contributed by atoms with E-state index in [1.54, 1.807) is 0 Å². The molecule has 1 heterocycles. The molecule has 0 saturated carbocycles. The van der Waals surface area contributed by atoms with Gasteiger partial charge in [-0.05, 0) is 30.0 Å². The molecule has 2 aromatic rings. The molecule has 5 heteroatoms. The molecular weight excluding hydrogens is 352 g/mol. The van der Waals surface area contributed by atoms with Crippen LogP contribution in [0.2, 0.25) is 0 Å². The largest absolute Gasteiger partial charge is 0.457 e. The summed E-state index contributed by atoms with van der Waals surface area (Å²) in [7, 11) is 0. The molecule has 1 aliphatic heterocycles. The van der Waals surface area contributed by atoms with Crippen molar-refractivity contribution < 1.29 is 14.3 Å². The van der Waals surface area contributed by atoms with E-state index in [1.165, 1.54) is 4.90 Å². The summed E-state index contributed by atoms with van der Waals surface area (Å²) in [5.74, 6) is 0.439. The van der Waals surface area contributed by atoms with Gasteiger partial charge in [0.05, 0.1) is 11.4 Å². The quantitative estimate of drug-likeness (QED) is 0.549. The number of para-hydroxylation sites is 2. The summed E-state index contributed by atoms with van der Waals surface area (Å²) in [6.45, 7) is 4.37. The maximum atomic E-state index is 12.5. The zero-order chi connectivity index (χ0) is 20.1. The van der Waals surface area contributed by atoms with E-state index in [9.17, 15) is 9.59 Å². The van der Waals surface area contributed by atoms with E-state index >= 15 is 0 Å². The molecule has 2 N–H and O–H groups in total. The average molecular weight is 380 g/mol. The summed E-state index contributed by atoms with van der Waals surface area (Å²) < 4.78 is 5.87. The van der Waals surface area contributed by atoms with E-state index in [0.29, 0.717) is 24.4 Å². The molecule has 1 atom stereocenters. The molecular formula is C23H28N2O3. The standard InChI is InChI=1S/C23H28N2O3/c1-16(2)9-3-8-14-22(26)28-21-15-17-10-4-6-12-19(17)25(23(24)27)20-13-7-5-11-18(20)21/h4-7,10-13,16,21H,3,8-9,14-15H2,1-2H3,(H2,24,27). The first-order chi connectivity index (χ1) is 13.5. The lowest BCUT2D eigenvalue weighted by molar-refractivity contribution is -0.149. The SMILES string of the molecule is CC(C)CCCCC(=O)OC1Cc2ccccc2N(C(N)=O)c2ccccc21. The minimum atomic E-state index is -0.555. The van der Waals surface area contributed by atoms with Crippen LogP contribution in [0.4, 0.5) is 16.2 Å². The molecule has 1 aliphatic rings. The molecule has 148 valence electrons. The Morgan fingerprint density at radius 2 is 1.75 bits per heavy atom. The van der Waals surface area contributed by atoms with Gasteiger partial charge in [-0.15, -0.1) is 0 Å². The molecule has 28 heavy (non-hydrogen) atoms. The summed E-state index contributed by atoms with van der Waals surface area (Å²) >= 11 is 0. The molecule has 2 aromatic carbocycles. The Kier molecular flexibility index (Phi) is 6.34. The second-order valence-corrected chi connectivity index (χ2v) is 7.68. The lowest BCUT2D eigenvalue weighted by atomic mass is 10.0. The van der Waals surface area contributed by atoms with Crippen molar-refractivity contribution in [3.63, 3.8) is 0 Å². The van der Waals surface area contributed by atoms with E-state index in [2.05, 4.69) is 13.8 Å². The van der Waals surface area contributed by atoms with Crippen molar-refractivity contribution in [2.24, 2.45) is 11.7 Å². The lowest BCUT2D eigenvalue weighted by Gasteiger charge is -2.23. The first-order valence-electron chi connectivity index (χ1n) is 9.93. The number of ether oxygens (including phenoxy) is 1. The van der Waals surface area contributed by atoms with Gasteiger partial charge < -0.3 is 10.5 Å². The van der Waals surface area contributed by atoms with Crippen LogP contribution >= 0.6 is 0 Å². The number of carbonyl (C=O) groups excluding carboxylic acids is 2. The maximum Gasteiger partial charge on any atom is 0.323 e. The summed E-state index contributed by atoms with van der Waals surface area (Å²) in [5, 5.41) is 0. The van der Waals surface area contributed by atoms with Gasteiger partial charge in [-0.2, -0.15) is 0 Å². The van der Waals surface area contributed by atoms with E-state index in [4.69, 9.17) is 10.5 Å². The fraction of sp³-hybridized carbons (Fsp3) is 0.391. The number of hydrogen-bond acceptors (Lipinski definition) is 3. The van der Waals surface area contributed by atoms with Crippen LogP contribution in [0, 0.1) is 5.92 Å². The first kappa shape index (κ1) is 19.9. The van der Waals surface area contributed by atoms with E-state index in [0.717, 1.165) is 36.1 Å². The normalized spacial score (nSPS) is 15.5. The predicted molar refractivity (Wildman–Crippen MR) is 110 cm³/mol. The van der Waals surface area contributed by atoms with Gasteiger partial charge in [-0.3, -0.25) is 9.69 Å². The molecule has 0 saturated heterocycles. The highest BCUT2D eigenvalue weighted by molar-refractivity contribution is 6.00. The number of benzene rings is 2. The third kappa shape index (κ3) is 4.53. The van der Waals surface area contributed by atoms with Crippen molar-refractivity contribution in [1.29, 1.82) is 0 Å². The molecule has 0 bridgehead atoms. The maximum absolute atomic E-state index is 12.5. The van der Waals surface area contributed by atoms with Crippen LogP contribution in [0.15, 0.2) is 48.5 Å². The van der Waals surface area contributed by atoms with Crippen LogP contribution in [0.5, 0.6) is 0 Å². The highest BCUT2D eigenvalue weighted by atomic mass is 16.5. The molecule has 0 fully saturated rings. The lowest BCUT2D eigenvalue weighted by Crippen LogP contribution is -2.32. The van der Waals surface area contributed by atoms with Gasteiger partial charge >= 0.3 is 12.0 Å². The third-order valence-electron chi connectivity index (χ3n) is 5.07. The number of hydrogen-bond donors (Lipinski definition) is 1. The monoisotopic (exact) mass is 380 g/mol. The van der Waals surface area contributed by atoms with Gasteiger partial charge in [0.15, 0.2) is 0 Å². The Balaban J connectivity index is 1.85. The zero-order valence-corrected chi connectivity index (χ0v) is 16.6. The van der Waals surface area contributed by atoms with Crippen molar-refractivity contribution in [2.45, 2.75) is 52.1 Å². The highest BCUT2D eigenvalue weighted by Crippen LogP contribution is 2.41.